The van der Waals surface area contributed by atoms with Gasteiger partial charge in [-0.1, -0.05) is 174 Å². The lowest BCUT2D eigenvalue weighted by Crippen LogP contribution is -2.28. The summed E-state index contributed by atoms with van der Waals surface area (Å²) in [6, 6.07) is 0. The summed E-state index contributed by atoms with van der Waals surface area (Å²) in [6.45, 7) is 4.10. The van der Waals surface area contributed by atoms with Crippen molar-refractivity contribution in [3.05, 3.63) is 12.2 Å². The molecule has 260 valence electrons. The fourth-order valence-electron chi connectivity index (χ4n) is 5.59. The quantitative estimate of drug-likeness (QED) is 0.0432. The molecule has 0 aromatic heterocycles. The summed E-state index contributed by atoms with van der Waals surface area (Å²) in [5.74, 6) is -0.593. The Kier molecular flexibility index (Phi) is 35.0. The molecule has 1 unspecified atom stereocenters. The number of hydrogen-bond donors (Lipinski definition) is 1. The van der Waals surface area contributed by atoms with Crippen molar-refractivity contribution in [3.63, 3.8) is 0 Å². The third-order valence-electron chi connectivity index (χ3n) is 8.56. The van der Waals surface area contributed by atoms with E-state index < -0.39 is 6.10 Å². The Bertz CT molecular complexity index is 632. The van der Waals surface area contributed by atoms with Gasteiger partial charge in [0.15, 0.2) is 6.10 Å². The van der Waals surface area contributed by atoms with Gasteiger partial charge in [-0.25, -0.2) is 0 Å². The average molecular weight is 623 g/mol. The van der Waals surface area contributed by atoms with Crippen LogP contribution < -0.4 is 0 Å². The lowest BCUT2D eigenvalue weighted by atomic mass is 10.0. The van der Waals surface area contributed by atoms with Crippen LogP contribution in [0.5, 0.6) is 0 Å². The van der Waals surface area contributed by atoms with Crippen molar-refractivity contribution < 1.29 is 24.2 Å². The number of carbonyl (C=O) groups is 2. The van der Waals surface area contributed by atoms with Gasteiger partial charge in [0.2, 0.25) is 0 Å². The molecular weight excluding hydrogens is 548 g/mol. The zero-order chi connectivity index (χ0) is 32.2. The second-order valence-electron chi connectivity index (χ2n) is 13.0. The van der Waals surface area contributed by atoms with E-state index in [9.17, 15) is 14.7 Å². The number of carbonyl (C=O) groups excluding carboxylic acids is 2. The number of hydrogen-bond acceptors (Lipinski definition) is 5. The molecule has 0 rings (SSSR count). The van der Waals surface area contributed by atoms with Crippen LogP contribution in [-0.2, 0) is 19.1 Å². The highest BCUT2D eigenvalue weighted by atomic mass is 16.6. The van der Waals surface area contributed by atoms with Crippen LogP contribution in [0.1, 0.15) is 206 Å². The third kappa shape index (κ3) is 33.5. The maximum absolute atomic E-state index is 12.1. The summed E-state index contributed by atoms with van der Waals surface area (Å²) in [4.78, 5) is 24.2. The molecule has 0 spiro atoms. The van der Waals surface area contributed by atoms with Gasteiger partial charge >= 0.3 is 11.9 Å². The van der Waals surface area contributed by atoms with Gasteiger partial charge in [-0.15, -0.1) is 0 Å². The Balaban J connectivity index is 3.49. The number of rotatable bonds is 35. The predicted octanol–water partition coefficient (Wildman–Crippen LogP) is 11.7. The van der Waals surface area contributed by atoms with Crippen LogP contribution in [-0.4, -0.2) is 36.4 Å². The van der Waals surface area contributed by atoms with Gasteiger partial charge < -0.3 is 14.6 Å². The third-order valence-corrected chi connectivity index (χ3v) is 8.56. The van der Waals surface area contributed by atoms with E-state index in [0.717, 1.165) is 44.9 Å². The molecule has 0 aliphatic heterocycles. The molecular formula is C39H74O5. The minimum Gasteiger partial charge on any atom is -0.462 e. The van der Waals surface area contributed by atoms with Gasteiger partial charge in [0.1, 0.15) is 6.61 Å². The van der Waals surface area contributed by atoms with E-state index in [-0.39, 0.29) is 25.2 Å². The summed E-state index contributed by atoms with van der Waals surface area (Å²) in [6.07, 6.45) is 39.9. The number of allylic oxidation sites excluding steroid dienone is 2. The fraction of sp³-hybridized carbons (Fsp3) is 0.897. The first-order valence-electron chi connectivity index (χ1n) is 19.2. The van der Waals surface area contributed by atoms with E-state index in [4.69, 9.17) is 9.47 Å². The van der Waals surface area contributed by atoms with Gasteiger partial charge in [0.25, 0.3) is 0 Å². The van der Waals surface area contributed by atoms with Crippen molar-refractivity contribution in [2.75, 3.05) is 13.2 Å². The molecule has 5 nitrogen and oxygen atoms in total. The van der Waals surface area contributed by atoms with Crippen molar-refractivity contribution in [3.8, 4) is 0 Å². The molecule has 5 heteroatoms. The number of unbranched alkanes of at least 4 members (excludes halogenated alkanes) is 25. The van der Waals surface area contributed by atoms with E-state index in [1.807, 2.05) is 0 Å². The summed E-state index contributed by atoms with van der Waals surface area (Å²) in [5, 5.41) is 9.53. The van der Waals surface area contributed by atoms with Gasteiger partial charge in [-0.05, 0) is 32.1 Å². The Hall–Kier alpha value is -1.36. The van der Waals surface area contributed by atoms with Gasteiger partial charge in [-0.3, -0.25) is 9.59 Å². The van der Waals surface area contributed by atoms with E-state index >= 15 is 0 Å². The number of aliphatic hydroxyl groups excluding tert-OH is 1. The molecule has 0 heterocycles. The lowest BCUT2D eigenvalue weighted by molar-refractivity contribution is -0.161. The first kappa shape index (κ1) is 42.6. The molecule has 0 radical (unpaired) electrons. The summed E-state index contributed by atoms with van der Waals surface area (Å²) >= 11 is 0. The highest BCUT2D eigenvalue weighted by molar-refractivity contribution is 5.70. The molecule has 0 amide bonds. The molecule has 0 saturated heterocycles. The molecule has 0 aliphatic carbocycles. The highest BCUT2D eigenvalue weighted by Gasteiger charge is 2.16. The van der Waals surface area contributed by atoms with Crippen LogP contribution in [0.15, 0.2) is 12.2 Å². The van der Waals surface area contributed by atoms with Crippen LogP contribution >= 0.6 is 0 Å². The average Bonchev–Trinajstić information content (AvgIpc) is 3.02. The van der Waals surface area contributed by atoms with Crippen molar-refractivity contribution in [1.82, 2.24) is 0 Å². The second kappa shape index (κ2) is 36.1. The lowest BCUT2D eigenvalue weighted by Gasteiger charge is -2.15. The zero-order valence-corrected chi connectivity index (χ0v) is 29.4. The first-order valence-corrected chi connectivity index (χ1v) is 19.2. The first-order chi connectivity index (χ1) is 21.6. The van der Waals surface area contributed by atoms with Gasteiger partial charge in [0.05, 0.1) is 6.61 Å². The maximum Gasteiger partial charge on any atom is 0.306 e. The van der Waals surface area contributed by atoms with Crippen LogP contribution in [0, 0.1) is 0 Å². The number of aliphatic hydroxyl groups is 1. The Morgan fingerprint density at radius 3 is 1.30 bits per heavy atom. The minimum atomic E-state index is -0.767. The zero-order valence-electron chi connectivity index (χ0n) is 29.4. The van der Waals surface area contributed by atoms with E-state index in [1.165, 1.54) is 135 Å². The topological polar surface area (TPSA) is 72.8 Å². The van der Waals surface area contributed by atoms with Crippen LogP contribution in [0.3, 0.4) is 0 Å². The summed E-state index contributed by atoms with van der Waals surface area (Å²) < 4.78 is 10.6. The normalized spacial score (nSPS) is 12.2. The molecule has 0 aliphatic rings. The predicted molar refractivity (Wildman–Crippen MR) is 187 cm³/mol. The monoisotopic (exact) mass is 623 g/mol. The standard InChI is InChI=1S/C39H74O5/c1-3-5-7-9-11-13-15-16-17-18-19-20-21-22-24-26-28-30-32-34-39(42)44-37(35-40)36-43-38(41)33-31-29-27-25-23-14-12-10-8-6-4-2/h10,12,37,40H,3-9,11,13-36H2,1-2H3. The fourth-order valence-corrected chi connectivity index (χ4v) is 5.59. The Morgan fingerprint density at radius 1 is 0.500 bits per heavy atom. The molecule has 1 N–H and O–H groups in total. The second-order valence-corrected chi connectivity index (χ2v) is 13.0. The van der Waals surface area contributed by atoms with Crippen molar-refractivity contribution in [1.29, 1.82) is 0 Å². The largest absolute Gasteiger partial charge is 0.462 e. The van der Waals surface area contributed by atoms with E-state index in [1.54, 1.807) is 0 Å². The molecule has 0 aromatic carbocycles. The Labute approximate surface area is 273 Å². The SMILES string of the molecule is CCCCC=CCCCCCCCC(=O)OCC(CO)OC(=O)CCCCCCCCCCCCCCCCCCCCC. The van der Waals surface area contributed by atoms with E-state index in [0.29, 0.717) is 12.8 Å². The molecule has 0 saturated carbocycles. The van der Waals surface area contributed by atoms with Crippen molar-refractivity contribution >= 4 is 11.9 Å². The maximum atomic E-state index is 12.1. The smallest absolute Gasteiger partial charge is 0.306 e. The van der Waals surface area contributed by atoms with E-state index in [2.05, 4.69) is 26.0 Å². The van der Waals surface area contributed by atoms with Crippen LogP contribution in [0.2, 0.25) is 0 Å². The summed E-state index contributed by atoms with van der Waals surface area (Å²) in [5.41, 5.74) is 0. The molecule has 0 bridgehead atoms. The van der Waals surface area contributed by atoms with Gasteiger partial charge in [-0.2, -0.15) is 0 Å². The highest BCUT2D eigenvalue weighted by Crippen LogP contribution is 2.15. The molecule has 1 atom stereocenters. The molecule has 44 heavy (non-hydrogen) atoms. The summed E-state index contributed by atoms with van der Waals surface area (Å²) in [7, 11) is 0. The minimum absolute atomic E-state index is 0.0648. The van der Waals surface area contributed by atoms with Gasteiger partial charge in [0, 0.05) is 12.8 Å². The van der Waals surface area contributed by atoms with Crippen molar-refractivity contribution in [2.24, 2.45) is 0 Å². The van der Waals surface area contributed by atoms with Crippen LogP contribution in [0.25, 0.3) is 0 Å². The van der Waals surface area contributed by atoms with Crippen molar-refractivity contribution in [2.45, 2.75) is 213 Å². The van der Waals surface area contributed by atoms with Crippen LogP contribution in [0.4, 0.5) is 0 Å². The Morgan fingerprint density at radius 2 is 0.864 bits per heavy atom. The molecule has 0 fully saturated rings. The number of ether oxygens (including phenoxy) is 2. The number of esters is 2. The molecule has 0 aromatic rings.